The van der Waals surface area contributed by atoms with Crippen LogP contribution in [0.25, 0.3) is 0 Å². The topological polar surface area (TPSA) is 21.3 Å². The van der Waals surface area contributed by atoms with E-state index in [-0.39, 0.29) is 0 Å². The maximum absolute atomic E-state index is 5.75. The zero-order chi connectivity index (χ0) is 11.5. The molecule has 2 atom stereocenters. The lowest BCUT2D eigenvalue weighted by atomic mass is 10.1. The van der Waals surface area contributed by atoms with E-state index in [0.717, 1.165) is 19.6 Å². The van der Waals surface area contributed by atoms with Gasteiger partial charge in [-0.3, -0.25) is 0 Å². The Morgan fingerprint density at radius 1 is 1.07 bits per heavy atom. The van der Waals surface area contributed by atoms with E-state index in [1.165, 1.54) is 25.7 Å². The Hall–Kier alpha value is -0.0800. The second-order valence-corrected chi connectivity index (χ2v) is 4.48. The van der Waals surface area contributed by atoms with Crippen LogP contribution < -0.4 is 5.32 Å². The zero-order valence-corrected chi connectivity index (χ0v) is 11.0. The number of rotatable bonds is 10. The van der Waals surface area contributed by atoms with Gasteiger partial charge < -0.3 is 10.1 Å². The van der Waals surface area contributed by atoms with Gasteiger partial charge >= 0.3 is 0 Å². The van der Waals surface area contributed by atoms with Crippen LogP contribution in [0.5, 0.6) is 0 Å². The average molecular weight is 215 g/mol. The smallest absolute Gasteiger partial charge is 0.0561 e. The van der Waals surface area contributed by atoms with Gasteiger partial charge in [0, 0.05) is 12.6 Å². The molecule has 0 aromatic heterocycles. The molecule has 0 radical (unpaired) electrons. The SMILES string of the molecule is CCCCCOC(C)CC(C)NCCC. The van der Waals surface area contributed by atoms with E-state index < -0.39 is 0 Å². The fraction of sp³-hybridized carbons (Fsp3) is 1.00. The lowest BCUT2D eigenvalue weighted by molar-refractivity contribution is 0.0518. The molecule has 15 heavy (non-hydrogen) atoms. The second-order valence-electron chi connectivity index (χ2n) is 4.48. The molecule has 0 aliphatic carbocycles. The quantitative estimate of drug-likeness (QED) is 0.564. The first kappa shape index (κ1) is 14.9. The van der Waals surface area contributed by atoms with E-state index >= 15 is 0 Å². The van der Waals surface area contributed by atoms with Gasteiger partial charge in [-0.15, -0.1) is 0 Å². The van der Waals surface area contributed by atoms with Crippen molar-refractivity contribution in [2.45, 2.75) is 71.9 Å². The van der Waals surface area contributed by atoms with E-state index in [2.05, 4.69) is 33.0 Å². The Bertz CT molecular complexity index is 128. The second kappa shape index (κ2) is 10.4. The summed E-state index contributed by atoms with van der Waals surface area (Å²) in [5.74, 6) is 0. The predicted molar refractivity (Wildman–Crippen MR) is 67.3 cm³/mol. The molecule has 0 saturated carbocycles. The number of unbranched alkanes of at least 4 members (excludes halogenated alkanes) is 2. The summed E-state index contributed by atoms with van der Waals surface area (Å²) in [7, 11) is 0. The molecule has 92 valence electrons. The molecule has 0 aliphatic heterocycles. The highest BCUT2D eigenvalue weighted by Crippen LogP contribution is 2.04. The summed E-state index contributed by atoms with van der Waals surface area (Å²) in [6.07, 6.45) is 6.48. The van der Waals surface area contributed by atoms with Crippen molar-refractivity contribution in [3.05, 3.63) is 0 Å². The van der Waals surface area contributed by atoms with Crippen molar-refractivity contribution in [2.24, 2.45) is 0 Å². The predicted octanol–water partition coefficient (Wildman–Crippen LogP) is 3.36. The Balaban J connectivity index is 3.33. The zero-order valence-electron chi connectivity index (χ0n) is 11.0. The maximum atomic E-state index is 5.75. The largest absolute Gasteiger partial charge is 0.378 e. The van der Waals surface area contributed by atoms with E-state index in [0.29, 0.717) is 12.1 Å². The number of nitrogens with one attached hydrogen (secondary N) is 1. The van der Waals surface area contributed by atoms with Crippen LogP contribution in [0.3, 0.4) is 0 Å². The lowest BCUT2D eigenvalue weighted by Crippen LogP contribution is -2.30. The monoisotopic (exact) mass is 215 g/mol. The van der Waals surface area contributed by atoms with Crippen molar-refractivity contribution in [3.8, 4) is 0 Å². The minimum Gasteiger partial charge on any atom is -0.378 e. The molecule has 2 heteroatoms. The number of hydrogen-bond acceptors (Lipinski definition) is 2. The molecule has 0 amide bonds. The van der Waals surface area contributed by atoms with Crippen LogP contribution in [0, 0.1) is 0 Å². The molecule has 2 unspecified atom stereocenters. The molecule has 0 spiro atoms. The summed E-state index contributed by atoms with van der Waals surface area (Å²) < 4.78 is 5.75. The van der Waals surface area contributed by atoms with Gasteiger partial charge in [0.05, 0.1) is 6.10 Å². The summed E-state index contributed by atoms with van der Waals surface area (Å²) in [6.45, 7) is 10.9. The molecule has 0 fully saturated rings. The van der Waals surface area contributed by atoms with Crippen molar-refractivity contribution >= 4 is 0 Å². The molecule has 0 heterocycles. The van der Waals surface area contributed by atoms with Crippen LogP contribution in [0.1, 0.15) is 59.8 Å². The summed E-state index contributed by atoms with van der Waals surface area (Å²) in [5, 5.41) is 3.48. The third kappa shape index (κ3) is 10.2. The third-order valence-corrected chi connectivity index (χ3v) is 2.58. The van der Waals surface area contributed by atoms with Crippen LogP contribution in [-0.2, 0) is 4.74 Å². The van der Waals surface area contributed by atoms with E-state index in [4.69, 9.17) is 4.74 Å². The van der Waals surface area contributed by atoms with Gasteiger partial charge in [0.2, 0.25) is 0 Å². The molecule has 2 nitrogen and oxygen atoms in total. The fourth-order valence-corrected chi connectivity index (χ4v) is 1.68. The van der Waals surface area contributed by atoms with Crippen LogP contribution in [0.4, 0.5) is 0 Å². The van der Waals surface area contributed by atoms with E-state index in [1.54, 1.807) is 0 Å². The van der Waals surface area contributed by atoms with Gasteiger partial charge in [-0.2, -0.15) is 0 Å². The molecule has 0 saturated heterocycles. The first-order valence-corrected chi connectivity index (χ1v) is 6.55. The molecule has 0 bridgehead atoms. The van der Waals surface area contributed by atoms with Crippen LogP contribution in [0.15, 0.2) is 0 Å². The third-order valence-electron chi connectivity index (χ3n) is 2.58. The average Bonchev–Trinajstić information content (AvgIpc) is 2.21. The van der Waals surface area contributed by atoms with Gasteiger partial charge in [-0.05, 0) is 39.7 Å². The van der Waals surface area contributed by atoms with E-state index in [1.807, 2.05) is 0 Å². The molecular weight excluding hydrogens is 186 g/mol. The summed E-state index contributed by atoms with van der Waals surface area (Å²) in [4.78, 5) is 0. The molecule has 0 aliphatic rings. The first-order valence-electron chi connectivity index (χ1n) is 6.55. The van der Waals surface area contributed by atoms with Crippen molar-refractivity contribution in [3.63, 3.8) is 0 Å². The van der Waals surface area contributed by atoms with Gasteiger partial charge in [0.25, 0.3) is 0 Å². The van der Waals surface area contributed by atoms with Crippen LogP contribution >= 0.6 is 0 Å². The normalized spacial score (nSPS) is 15.2. The van der Waals surface area contributed by atoms with Crippen molar-refractivity contribution in [1.82, 2.24) is 5.32 Å². The Kier molecular flexibility index (Phi) is 10.4. The van der Waals surface area contributed by atoms with Gasteiger partial charge in [-0.1, -0.05) is 26.7 Å². The first-order chi connectivity index (χ1) is 7.20. The molecule has 0 rings (SSSR count). The highest BCUT2D eigenvalue weighted by molar-refractivity contribution is 4.64. The number of hydrogen-bond donors (Lipinski definition) is 1. The maximum Gasteiger partial charge on any atom is 0.0561 e. The van der Waals surface area contributed by atoms with Gasteiger partial charge in [0.1, 0.15) is 0 Å². The van der Waals surface area contributed by atoms with Crippen LogP contribution in [0.2, 0.25) is 0 Å². The fourth-order valence-electron chi connectivity index (χ4n) is 1.68. The minimum absolute atomic E-state index is 0.390. The Morgan fingerprint density at radius 3 is 2.40 bits per heavy atom. The number of ether oxygens (including phenoxy) is 1. The summed E-state index contributed by atoms with van der Waals surface area (Å²) in [5.41, 5.74) is 0. The van der Waals surface area contributed by atoms with Gasteiger partial charge in [-0.25, -0.2) is 0 Å². The molecular formula is C13H29NO. The molecule has 0 aromatic rings. The molecule has 1 N–H and O–H groups in total. The highest BCUT2D eigenvalue weighted by Gasteiger charge is 2.07. The Morgan fingerprint density at radius 2 is 1.80 bits per heavy atom. The minimum atomic E-state index is 0.390. The summed E-state index contributed by atoms with van der Waals surface area (Å²) in [6, 6.07) is 0.575. The Labute approximate surface area is 95.8 Å². The summed E-state index contributed by atoms with van der Waals surface area (Å²) >= 11 is 0. The van der Waals surface area contributed by atoms with Gasteiger partial charge in [0.15, 0.2) is 0 Å². The van der Waals surface area contributed by atoms with Crippen LogP contribution in [-0.4, -0.2) is 25.3 Å². The lowest BCUT2D eigenvalue weighted by Gasteiger charge is -2.18. The van der Waals surface area contributed by atoms with Crippen molar-refractivity contribution in [1.29, 1.82) is 0 Å². The van der Waals surface area contributed by atoms with Crippen molar-refractivity contribution < 1.29 is 4.74 Å². The highest BCUT2D eigenvalue weighted by atomic mass is 16.5. The molecule has 0 aromatic carbocycles. The van der Waals surface area contributed by atoms with Crippen molar-refractivity contribution in [2.75, 3.05) is 13.2 Å². The standard InChI is InChI=1S/C13H29NO/c1-5-7-8-10-15-13(4)11-12(3)14-9-6-2/h12-14H,5-11H2,1-4H3. The van der Waals surface area contributed by atoms with E-state index in [9.17, 15) is 0 Å².